The zero-order chi connectivity index (χ0) is 27.7. The van der Waals surface area contributed by atoms with Crippen LogP contribution in [0.4, 0.5) is 0 Å². The zero-order valence-corrected chi connectivity index (χ0v) is 20.9. The van der Waals surface area contributed by atoms with E-state index in [1.165, 1.54) is 18.1 Å². The number of phenolic OH excluding ortho intramolecular Hbond substituents is 1. The van der Waals surface area contributed by atoms with E-state index < -0.39 is 58.0 Å². The number of aromatic hydroxyl groups is 1. The van der Waals surface area contributed by atoms with Gasteiger partial charge in [0.05, 0.1) is 18.7 Å². The average molecular weight is 522 g/mol. The molecule has 1 heterocycles. The number of hydrogen-bond acceptors (Lipinski definition) is 10. The third kappa shape index (κ3) is 3.28. The van der Waals surface area contributed by atoms with Crippen LogP contribution in [-0.4, -0.2) is 80.6 Å². The van der Waals surface area contributed by atoms with Crippen molar-refractivity contribution in [2.24, 2.45) is 17.6 Å². The third-order valence-corrected chi connectivity index (χ3v) is 7.90. The van der Waals surface area contributed by atoms with E-state index in [0.29, 0.717) is 22.4 Å². The van der Waals surface area contributed by atoms with Crippen LogP contribution >= 0.6 is 0 Å². The second-order valence-electron chi connectivity index (χ2n) is 10.0. The average Bonchev–Trinajstić information content (AvgIpc) is 2.86. The van der Waals surface area contributed by atoms with Gasteiger partial charge >= 0.3 is 0 Å². The van der Waals surface area contributed by atoms with E-state index in [-0.39, 0.29) is 29.7 Å². The molecular weight excluding hydrogens is 494 g/mol. The number of benzene rings is 1. The molecule has 0 radical (unpaired) electrons. The standard InChI is InChI=1S/C27H27N3O8/c1-30(2)21-15-9-11-8-13-12(14-10-29-7-6-17(14)38-3)4-5-16(31)19(13)22(32)18(11)24(34)27(15,37)25(35)20(23(21)33)26(28)36/h4-7,10-11,15,21,31-32,35,37H,8-9H2,1-3H3,(H2,28,36)/t11-,15-,21?,27-/m0/s1. The number of nitrogens with zero attached hydrogens (tertiary/aromatic N) is 2. The van der Waals surface area contributed by atoms with E-state index in [2.05, 4.69) is 4.98 Å². The molecule has 2 aromatic rings. The van der Waals surface area contributed by atoms with Gasteiger partial charge in [0.25, 0.3) is 5.91 Å². The minimum absolute atomic E-state index is 0.00435. The van der Waals surface area contributed by atoms with E-state index in [0.717, 1.165) is 0 Å². The van der Waals surface area contributed by atoms with E-state index in [1.807, 2.05) is 0 Å². The van der Waals surface area contributed by atoms with Gasteiger partial charge in [-0.1, -0.05) is 6.07 Å². The first-order chi connectivity index (χ1) is 17.9. The SMILES string of the molecule is COc1ccncc1-c1ccc(O)c2c1C[C@H]1C[C@H]3C(N(C)C)C(=O)C(C(N)=O)=C(O)[C@@]3(O)C(=O)C1=C2O. The Morgan fingerprint density at radius 2 is 1.87 bits per heavy atom. The Kier molecular flexibility index (Phi) is 5.80. The van der Waals surface area contributed by atoms with Crippen molar-refractivity contribution in [2.75, 3.05) is 21.2 Å². The molecular formula is C27H27N3O8. The molecule has 11 heteroatoms. The Morgan fingerprint density at radius 3 is 2.50 bits per heavy atom. The number of carbonyl (C=O) groups is 3. The number of phenols is 1. The van der Waals surface area contributed by atoms with Crippen molar-refractivity contribution in [2.45, 2.75) is 24.5 Å². The number of hydrogen-bond donors (Lipinski definition) is 5. The molecule has 5 rings (SSSR count). The lowest BCUT2D eigenvalue weighted by Gasteiger charge is -2.50. The van der Waals surface area contributed by atoms with Crippen molar-refractivity contribution in [1.29, 1.82) is 0 Å². The Bertz CT molecular complexity index is 1480. The number of aliphatic hydroxyl groups is 3. The maximum Gasteiger partial charge on any atom is 0.255 e. The van der Waals surface area contributed by atoms with Gasteiger partial charge in [0.15, 0.2) is 11.4 Å². The lowest BCUT2D eigenvalue weighted by Crippen LogP contribution is -2.65. The predicted molar refractivity (Wildman–Crippen MR) is 134 cm³/mol. The summed E-state index contributed by atoms with van der Waals surface area (Å²) in [6, 6.07) is 3.55. The van der Waals surface area contributed by atoms with Crippen LogP contribution < -0.4 is 10.5 Å². The van der Waals surface area contributed by atoms with Crippen LogP contribution in [0, 0.1) is 11.8 Å². The Labute approximate surface area is 217 Å². The second-order valence-corrected chi connectivity index (χ2v) is 10.0. The quantitative estimate of drug-likeness (QED) is 0.364. The first-order valence-electron chi connectivity index (χ1n) is 11.9. The summed E-state index contributed by atoms with van der Waals surface area (Å²) in [5.74, 6) is -6.40. The first kappa shape index (κ1) is 25.4. The Morgan fingerprint density at radius 1 is 1.16 bits per heavy atom. The first-order valence-corrected chi connectivity index (χ1v) is 11.9. The van der Waals surface area contributed by atoms with Gasteiger partial charge in [-0.05, 0) is 56.1 Å². The second kappa shape index (κ2) is 8.67. The number of aromatic nitrogens is 1. The van der Waals surface area contributed by atoms with Crippen molar-refractivity contribution < 1.29 is 39.5 Å². The highest BCUT2D eigenvalue weighted by Crippen LogP contribution is 2.53. The number of ether oxygens (including phenoxy) is 1. The number of rotatable bonds is 4. The minimum atomic E-state index is -2.68. The molecule has 0 saturated heterocycles. The van der Waals surface area contributed by atoms with Gasteiger partial charge in [-0.2, -0.15) is 0 Å². The molecule has 4 atom stereocenters. The summed E-state index contributed by atoms with van der Waals surface area (Å²) in [6.07, 6.45) is 3.32. The molecule has 38 heavy (non-hydrogen) atoms. The normalized spacial score (nSPS) is 26.7. The lowest BCUT2D eigenvalue weighted by molar-refractivity contribution is -0.153. The molecule has 1 unspecified atom stereocenters. The number of fused-ring (bicyclic) bond motifs is 3. The molecule has 0 spiro atoms. The molecule has 1 aromatic heterocycles. The third-order valence-electron chi connectivity index (χ3n) is 7.90. The monoisotopic (exact) mass is 521 g/mol. The van der Waals surface area contributed by atoms with Crippen LogP contribution in [0.2, 0.25) is 0 Å². The number of methoxy groups -OCH3 is 1. The fourth-order valence-electron chi connectivity index (χ4n) is 6.26. The number of primary amides is 1. The fraction of sp³-hybridized carbons (Fsp3) is 0.333. The van der Waals surface area contributed by atoms with Gasteiger partial charge in [0.2, 0.25) is 5.78 Å². The smallest absolute Gasteiger partial charge is 0.255 e. The van der Waals surface area contributed by atoms with Crippen molar-refractivity contribution in [3.8, 4) is 22.6 Å². The van der Waals surface area contributed by atoms with Crippen LogP contribution in [-0.2, 0) is 20.8 Å². The molecule has 0 aliphatic heterocycles. The number of ketones is 2. The van der Waals surface area contributed by atoms with Gasteiger partial charge < -0.3 is 30.9 Å². The van der Waals surface area contributed by atoms with Gasteiger partial charge in [0.1, 0.15) is 28.6 Å². The molecule has 3 aliphatic carbocycles. The van der Waals surface area contributed by atoms with Crippen LogP contribution in [0.5, 0.6) is 11.5 Å². The number of aliphatic hydroxyl groups excluding tert-OH is 2. The van der Waals surface area contributed by atoms with Crippen LogP contribution in [0.25, 0.3) is 16.9 Å². The Hall–Kier alpha value is -4.22. The van der Waals surface area contributed by atoms with Crippen LogP contribution in [0.15, 0.2) is 47.5 Å². The topological polar surface area (TPSA) is 184 Å². The number of amides is 1. The zero-order valence-electron chi connectivity index (χ0n) is 20.9. The summed E-state index contributed by atoms with van der Waals surface area (Å²) >= 11 is 0. The summed E-state index contributed by atoms with van der Waals surface area (Å²) in [7, 11) is 4.61. The molecule has 198 valence electrons. The summed E-state index contributed by atoms with van der Waals surface area (Å²) < 4.78 is 5.47. The van der Waals surface area contributed by atoms with Crippen molar-refractivity contribution in [1.82, 2.24) is 9.88 Å². The van der Waals surface area contributed by atoms with E-state index in [1.54, 1.807) is 38.6 Å². The van der Waals surface area contributed by atoms with Gasteiger partial charge in [-0.15, -0.1) is 0 Å². The van der Waals surface area contributed by atoms with Crippen molar-refractivity contribution in [3.63, 3.8) is 0 Å². The summed E-state index contributed by atoms with van der Waals surface area (Å²) in [5.41, 5.74) is 3.37. The number of likely N-dealkylation sites (N-methyl/N-ethyl adjacent to an activating group) is 1. The van der Waals surface area contributed by atoms with E-state index >= 15 is 0 Å². The van der Waals surface area contributed by atoms with Crippen LogP contribution in [0.1, 0.15) is 17.5 Å². The van der Waals surface area contributed by atoms with E-state index in [9.17, 15) is 34.8 Å². The Balaban J connectivity index is 1.75. The molecule has 1 saturated carbocycles. The van der Waals surface area contributed by atoms with Gasteiger partial charge in [0, 0.05) is 29.4 Å². The predicted octanol–water partition coefficient (Wildman–Crippen LogP) is 1.03. The van der Waals surface area contributed by atoms with Crippen molar-refractivity contribution >= 4 is 23.2 Å². The maximum absolute atomic E-state index is 13.9. The molecule has 0 bridgehead atoms. The summed E-state index contributed by atoms with van der Waals surface area (Å²) in [4.78, 5) is 44.8. The fourth-order valence-corrected chi connectivity index (χ4v) is 6.26. The van der Waals surface area contributed by atoms with Gasteiger partial charge in [-0.25, -0.2) is 0 Å². The van der Waals surface area contributed by atoms with Crippen LogP contribution in [0.3, 0.4) is 0 Å². The number of Topliss-reactive ketones (excluding diaryl/α,β-unsaturated/α-hetero) is 2. The van der Waals surface area contributed by atoms with E-state index in [4.69, 9.17) is 10.5 Å². The maximum atomic E-state index is 13.9. The van der Waals surface area contributed by atoms with Crippen molar-refractivity contribution in [3.05, 3.63) is 58.6 Å². The summed E-state index contributed by atoms with van der Waals surface area (Å²) in [5, 5.41) is 44.7. The number of pyridine rings is 1. The molecule has 3 aliphatic rings. The minimum Gasteiger partial charge on any atom is -0.508 e. The highest BCUT2D eigenvalue weighted by molar-refractivity contribution is 6.24. The highest BCUT2D eigenvalue weighted by atomic mass is 16.5. The number of carbonyl (C=O) groups excluding carboxylic acids is 3. The molecule has 6 N–H and O–H groups in total. The van der Waals surface area contributed by atoms with Gasteiger partial charge in [-0.3, -0.25) is 24.3 Å². The number of nitrogens with two attached hydrogens (primary N) is 1. The molecule has 11 nitrogen and oxygen atoms in total. The molecule has 1 amide bonds. The lowest BCUT2D eigenvalue weighted by atomic mass is 9.57. The highest BCUT2D eigenvalue weighted by Gasteiger charge is 2.64. The molecule has 1 fully saturated rings. The largest absolute Gasteiger partial charge is 0.508 e. The molecule has 1 aromatic carbocycles. The summed E-state index contributed by atoms with van der Waals surface area (Å²) in [6.45, 7) is 0.